The zero-order valence-corrected chi connectivity index (χ0v) is 16.2. The summed E-state index contributed by atoms with van der Waals surface area (Å²) in [4.78, 5) is 15.4. The predicted molar refractivity (Wildman–Crippen MR) is 108 cm³/mol. The zero-order chi connectivity index (χ0) is 20.0. The number of pyridine rings is 1. The van der Waals surface area contributed by atoms with Gasteiger partial charge in [0.15, 0.2) is 5.65 Å². The molecular formula is C20H20N8O. The maximum atomic E-state index is 10.6. The third kappa shape index (κ3) is 3.14. The number of nitrogens with zero attached hydrogens (tertiary/aromatic N) is 8. The van der Waals surface area contributed by atoms with E-state index >= 15 is 0 Å². The lowest BCUT2D eigenvalue weighted by molar-refractivity contribution is 0.475. The number of aryl methyl sites for hydroxylation is 2. The second-order valence-electron chi connectivity index (χ2n) is 7.29. The quantitative estimate of drug-likeness (QED) is 0.571. The van der Waals surface area contributed by atoms with Gasteiger partial charge in [0.2, 0.25) is 5.95 Å². The maximum absolute atomic E-state index is 10.6. The van der Waals surface area contributed by atoms with Crippen LogP contribution in [0.25, 0.3) is 28.3 Å². The summed E-state index contributed by atoms with van der Waals surface area (Å²) in [5.41, 5.74) is 4.91. The van der Waals surface area contributed by atoms with Crippen LogP contribution in [-0.4, -0.2) is 53.0 Å². The van der Waals surface area contributed by atoms with Crippen LogP contribution in [0.3, 0.4) is 0 Å². The largest absolute Gasteiger partial charge is 0.506 e. The van der Waals surface area contributed by atoms with E-state index in [4.69, 9.17) is 0 Å². The molecule has 0 bridgehead atoms. The lowest BCUT2D eigenvalue weighted by Gasteiger charge is -2.13. The lowest BCUT2D eigenvalue weighted by atomic mass is 10.1. The van der Waals surface area contributed by atoms with Crippen LogP contribution in [0.1, 0.15) is 24.1 Å². The minimum atomic E-state index is 0.00823. The number of anilines is 1. The van der Waals surface area contributed by atoms with Gasteiger partial charge in [-0.3, -0.25) is 0 Å². The summed E-state index contributed by atoms with van der Waals surface area (Å²) in [5, 5.41) is 23.5. The molecule has 0 spiro atoms. The highest BCUT2D eigenvalue weighted by Crippen LogP contribution is 2.30. The van der Waals surface area contributed by atoms with Crippen molar-refractivity contribution in [2.45, 2.75) is 26.7 Å². The number of hydrogen-bond donors (Lipinski definition) is 1. The van der Waals surface area contributed by atoms with Gasteiger partial charge < -0.3 is 10.0 Å². The van der Waals surface area contributed by atoms with Crippen LogP contribution in [-0.2, 0) is 0 Å². The molecule has 9 heteroatoms. The van der Waals surface area contributed by atoms with Crippen LogP contribution in [0, 0.1) is 13.8 Å². The van der Waals surface area contributed by atoms with Gasteiger partial charge in [0.25, 0.3) is 0 Å². The summed E-state index contributed by atoms with van der Waals surface area (Å²) < 4.78 is 1.75. The van der Waals surface area contributed by atoms with Crippen molar-refractivity contribution in [3.05, 3.63) is 42.0 Å². The van der Waals surface area contributed by atoms with Gasteiger partial charge in [-0.2, -0.15) is 5.10 Å². The van der Waals surface area contributed by atoms with Crippen LogP contribution >= 0.6 is 0 Å². The summed E-state index contributed by atoms with van der Waals surface area (Å²) in [7, 11) is 0. The van der Waals surface area contributed by atoms with Crippen LogP contribution < -0.4 is 4.90 Å². The van der Waals surface area contributed by atoms with E-state index in [0.29, 0.717) is 28.6 Å². The van der Waals surface area contributed by atoms with Crippen LogP contribution in [0.15, 0.2) is 30.7 Å². The molecule has 1 saturated heterocycles. The van der Waals surface area contributed by atoms with Crippen molar-refractivity contribution in [3.8, 4) is 28.4 Å². The Morgan fingerprint density at radius 2 is 1.79 bits per heavy atom. The van der Waals surface area contributed by atoms with Crippen molar-refractivity contribution in [1.29, 1.82) is 0 Å². The second-order valence-corrected chi connectivity index (χ2v) is 7.29. The molecule has 4 aromatic heterocycles. The molecule has 0 aromatic carbocycles. The summed E-state index contributed by atoms with van der Waals surface area (Å²) in [5.74, 6) is 0.625. The molecule has 0 unspecified atom stereocenters. The number of rotatable bonds is 3. The minimum Gasteiger partial charge on any atom is -0.506 e. The molecule has 29 heavy (non-hydrogen) atoms. The van der Waals surface area contributed by atoms with E-state index in [0.717, 1.165) is 42.8 Å². The van der Waals surface area contributed by atoms with Gasteiger partial charge in [0.05, 0.1) is 23.8 Å². The van der Waals surface area contributed by atoms with Gasteiger partial charge in [0.1, 0.15) is 17.1 Å². The van der Waals surface area contributed by atoms with Crippen LogP contribution in [0.4, 0.5) is 5.95 Å². The molecule has 5 heterocycles. The van der Waals surface area contributed by atoms with Crippen LogP contribution in [0.2, 0.25) is 0 Å². The molecule has 0 aliphatic carbocycles. The maximum Gasteiger partial charge on any atom is 0.245 e. The van der Waals surface area contributed by atoms with Crippen molar-refractivity contribution in [1.82, 2.24) is 34.8 Å². The standard InChI is InChI=1S/C20H20N8O/c1-12-7-15(26-28-11-13(2)23-19(12)28)14-8-17(29)18(21-9-14)16-10-22-20(25-24-16)27-5-3-4-6-27/h7-11,29H,3-6H2,1-2H3. The first kappa shape index (κ1) is 17.5. The van der Waals surface area contributed by atoms with Crippen molar-refractivity contribution in [2.24, 2.45) is 0 Å². The summed E-state index contributed by atoms with van der Waals surface area (Å²) in [6.45, 7) is 5.82. The Bertz CT molecular complexity index is 1200. The topological polar surface area (TPSA) is 105 Å². The first-order chi connectivity index (χ1) is 14.1. The molecule has 1 aliphatic rings. The monoisotopic (exact) mass is 388 g/mol. The Labute approximate surface area is 167 Å². The van der Waals surface area contributed by atoms with Gasteiger partial charge in [-0.15, -0.1) is 10.2 Å². The molecule has 9 nitrogen and oxygen atoms in total. The Hall–Kier alpha value is -3.62. The van der Waals surface area contributed by atoms with Gasteiger partial charge in [-0.1, -0.05) is 0 Å². The lowest BCUT2D eigenvalue weighted by Crippen LogP contribution is -2.20. The fourth-order valence-electron chi connectivity index (χ4n) is 3.62. The van der Waals surface area contributed by atoms with E-state index in [2.05, 4.69) is 35.1 Å². The van der Waals surface area contributed by atoms with E-state index < -0.39 is 0 Å². The summed E-state index contributed by atoms with van der Waals surface area (Å²) in [6.07, 6.45) is 7.43. The van der Waals surface area contributed by atoms with Gasteiger partial charge in [-0.05, 0) is 44.4 Å². The fourth-order valence-corrected chi connectivity index (χ4v) is 3.62. The number of aromatic nitrogens is 7. The Morgan fingerprint density at radius 1 is 0.966 bits per heavy atom. The van der Waals surface area contributed by atoms with Crippen molar-refractivity contribution in [2.75, 3.05) is 18.0 Å². The number of hydrogen-bond acceptors (Lipinski definition) is 8. The van der Waals surface area contributed by atoms with E-state index in [-0.39, 0.29) is 5.75 Å². The Kier molecular flexibility index (Phi) is 4.08. The molecule has 1 N–H and O–H groups in total. The van der Waals surface area contributed by atoms with E-state index in [1.165, 1.54) is 0 Å². The Morgan fingerprint density at radius 3 is 2.52 bits per heavy atom. The Balaban J connectivity index is 1.47. The van der Waals surface area contributed by atoms with E-state index in [9.17, 15) is 5.11 Å². The number of fused-ring (bicyclic) bond motifs is 1. The van der Waals surface area contributed by atoms with Crippen LogP contribution in [0.5, 0.6) is 5.75 Å². The third-order valence-electron chi connectivity index (χ3n) is 5.07. The zero-order valence-electron chi connectivity index (χ0n) is 16.2. The van der Waals surface area contributed by atoms with Gasteiger partial charge in [-0.25, -0.2) is 19.5 Å². The molecule has 1 fully saturated rings. The molecule has 0 radical (unpaired) electrons. The second kappa shape index (κ2) is 6.77. The molecule has 0 atom stereocenters. The molecule has 5 rings (SSSR count). The first-order valence-corrected chi connectivity index (χ1v) is 9.56. The normalized spacial score (nSPS) is 14.1. The van der Waals surface area contributed by atoms with Crippen molar-refractivity contribution >= 4 is 11.6 Å². The van der Waals surface area contributed by atoms with E-state index in [1.54, 1.807) is 23.0 Å². The molecule has 146 valence electrons. The first-order valence-electron chi connectivity index (χ1n) is 9.56. The van der Waals surface area contributed by atoms with E-state index in [1.807, 2.05) is 26.1 Å². The molecule has 1 aliphatic heterocycles. The highest BCUT2D eigenvalue weighted by atomic mass is 16.3. The molecular weight excluding hydrogens is 368 g/mol. The minimum absolute atomic E-state index is 0.00823. The highest BCUT2D eigenvalue weighted by Gasteiger charge is 2.17. The molecule has 0 amide bonds. The van der Waals surface area contributed by atoms with Crippen molar-refractivity contribution in [3.63, 3.8) is 0 Å². The predicted octanol–water partition coefficient (Wildman–Crippen LogP) is 2.57. The number of imidazole rings is 1. The third-order valence-corrected chi connectivity index (χ3v) is 5.07. The smallest absolute Gasteiger partial charge is 0.245 e. The number of aromatic hydroxyl groups is 1. The van der Waals surface area contributed by atoms with Gasteiger partial charge in [0, 0.05) is 24.8 Å². The fraction of sp³-hybridized carbons (Fsp3) is 0.300. The van der Waals surface area contributed by atoms with Crippen molar-refractivity contribution < 1.29 is 5.11 Å². The average Bonchev–Trinajstić information content (AvgIpc) is 3.37. The molecule has 0 saturated carbocycles. The SMILES string of the molecule is Cc1cn2nc(-c3cnc(-c4cnc(N5CCCC5)nn4)c(O)c3)cc(C)c2n1. The highest BCUT2D eigenvalue weighted by molar-refractivity contribution is 5.69. The summed E-state index contributed by atoms with van der Waals surface area (Å²) in [6, 6.07) is 3.57. The molecule has 4 aromatic rings. The summed E-state index contributed by atoms with van der Waals surface area (Å²) >= 11 is 0. The average molecular weight is 388 g/mol. The van der Waals surface area contributed by atoms with Gasteiger partial charge >= 0.3 is 0 Å².